The Labute approximate surface area is 72.9 Å². The molecule has 0 aromatic heterocycles. The van der Waals surface area contributed by atoms with Crippen molar-refractivity contribution in [1.82, 2.24) is 0 Å². The summed E-state index contributed by atoms with van der Waals surface area (Å²) in [6, 6.07) is 0. The molecule has 4 N–H and O–H groups in total. The highest BCUT2D eigenvalue weighted by atomic mass is 35.5. The molecule has 72 valence electrons. The highest BCUT2D eigenvalue weighted by molar-refractivity contribution is 5.85. The van der Waals surface area contributed by atoms with Gasteiger partial charge in [-0.3, -0.25) is 0 Å². The second kappa shape index (κ2) is 12.8. The molecule has 0 rings (SSSR count). The summed E-state index contributed by atoms with van der Waals surface area (Å²) < 4.78 is 0. The van der Waals surface area contributed by atoms with Crippen molar-refractivity contribution in [2.45, 2.75) is 26.1 Å². The lowest BCUT2D eigenvalue weighted by molar-refractivity contribution is 0.110. The number of hydrogen-bond donors (Lipinski definition) is 4. The Hall–Kier alpha value is 0.130. The Morgan fingerprint density at radius 3 is 1.00 bits per heavy atom. The second-order valence-electron chi connectivity index (χ2n) is 2.06. The zero-order valence-corrected chi connectivity index (χ0v) is 7.58. The number of halogens is 1. The number of hydrogen-bond acceptors (Lipinski definition) is 4. The van der Waals surface area contributed by atoms with Crippen LogP contribution in [0.4, 0.5) is 0 Å². The lowest BCUT2D eigenvalue weighted by Gasteiger charge is -1.90. The molecule has 0 heterocycles. The van der Waals surface area contributed by atoms with Crippen LogP contribution >= 0.6 is 12.4 Å². The van der Waals surface area contributed by atoms with Crippen molar-refractivity contribution >= 4 is 12.4 Å². The molecule has 0 fully saturated rings. The average Bonchev–Trinajstić information content (AvgIpc) is 1.89. The lowest BCUT2D eigenvalue weighted by Crippen LogP contribution is -2.03. The third-order valence-electron chi connectivity index (χ3n) is 0.528. The van der Waals surface area contributed by atoms with Gasteiger partial charge >= 0.3 is 0 Å². The lowest BCUT2D eigenvalue weighted by atomic mass is 10.5. The van der Waals surface area contributed by atoms with Crippen LogP contribution in [0.5, 0.6) is 0 Å². The van der Waals surface area contributed by atoms with Crippen molar-refractivity contribution < 1.29 is 20.4 Å². The van der Waals surface area contributed by atoms with Gasteiger partial charge < -0.3 is 20.4 Å². The van der Waals surface area contributed by atoms with Crippen molar-refractivity contribution in [2.24, 2.45) is 0 Å². The smallest absolute Gasteiger partial charge is 0.0742 e. The van der Waals surface area contributed by atoms with Gasteiger partial charge in [-0.05, 0) is 13.8 Å². The van der Waals surface area contributed by atoms with E-state index in [1.165, 1.54) is 13.8 Å². The van der Waals surface area contributed by atoms with E-state index in [4.69, 9.17) is 20.4 Å². The summed E-state index contributed by atoms with van der Waals surface area (Å²) in [5.41, 5.74) is 0. The molecule has 0 aromatic carbocycles. The van der Waals surface area contributed by atoms with E-state index in [0.29, 0.717) is 0 Å². The number of aliphatic hydroxyl groups is 4. The molecule has 0 saturated heterocycles. The Morgan fingerprint density at radius 2 is 1.00 bits per heavy atom. The van der Waals surface area contributed by atoms with Gasteiger partial charge in [-0.25, -0.2) is 0 Å². The van der Waals surface area contributed by atoms with Crippen LogP contribution in [0.15, 0.2) is 0 Å². The van der Waals surface area contributed by atoms with Crippen LogP contribution in [0.25, 0.3) is 0 Å². The van der Waals surface area contributed by atoms with Crippen LogP contribution in [-0.2, 0) is 0 Å². The molecule has 0 aromatic rings. The predicted molar refractivity (Wildman–Crippen MR) is 44.8 cm³/mol. The highest BCUT2D eigenvalue weighted by Gasteiger charge is 1.83. The Kier molecular flexibility index (Phi) is 20.1. The van der Waals surface area contributed by atoms with E-state index in [1.54, 1.807) is 0 Å². The highest BCUT2D eigenvalue weighted by Crippen LogP contribution is 1.69. The van der Waals surface area contributed by atoms with Gasteiger partial charge in [0.25, 0.3) is 0 Å². The molecule has 0 radical (unpaired) electrons. The molecule has 0 aliphatic rings. The Bertz CT molecular complexity index is 50.5. The molecule has 0 aliphatic heterocycles. The predicted octanol–water partition coefficient (Wildman–Crippen LogP) is -0.859. The number of rotatable bonds is 2. The molecule has 0 spiro atoms. The van der Waals surface area contributed by atoms with Crippen LogP contribution in [0.1, 0.15) is 13.8 Å². The zero-order valence-electron chi connectivity index (χ0n) is 6.77. The molecule has 0 aliphatic carbocycles. The first-order valence-electron chi connectivity index (χ1n) is 3.12. The Morgan fingerprint density at radius 1 is 0.909 bits per heavy atom. The first kappa shape index (κ1) is 17.3. The van der Waals surface area contributed by atoms with Crippen LogP contribution in [-0.4, -0.2) is 45.8 Å². The summed E-state index contributed by atoms with van der Waals surface area (Å²) in [5, 5.41) is 32.0. The fourth-order valence-corrected chi connectivity index (χ4v) is 0. The summed E-state index contributed by atoms with van der Waals surface area (Å²) in [5.74, 6) is 0. The first-order chi connectivity index (χ1) is 4.54. The summed E-state index contributed by atoms with van der Waals surface area (Å²) in [6.45, 7) is 2.78. The minimum absolute atomic E-state index is 0. The van der Waals surface area contributed by atoms with E-state index in [9.17, 15) is 0 Å². The standard InChI is InChI=1S/2C3H8O2.ClH/c2*1-3(5)2-4;/h2*3-5H,2H2,1H3;1H. The van der Waals surface area contributed by atoms with Gasteiger partial charge in [0.2, 0.25) is 0 Å². The molecular formula is C6H17ClO4. The summed E-state index contributed by atoms with van der Waals surface area (Å²) in [4.78, 5) is 0. The molecule has 0 saturated carbocycles. The van der Waals surface area contributed by atoms with E-state index >= 15 is 0 Å². The second-order valence-corrected chi connectivity index (χ2v) is 2.06. The van der Waals surface area contributed by atoms with Gasteiger partial charge in [0.05, 0.1) is 25.4 Å². The van der Waals surface area contributed by atoms with Gasteiger partial charge in [-0.2, -0.15) is 0 Å². The molecular weight excluding hydrogens is 172 g/mol. The quantitative estimate of drug-likeness (QED) is 0.455. The van der Waals surface area contributed by atoms with E-state index in [2.05, 4.69) is 0 Å². The van der Waals surface area contributed by atoms with Crippen molar-refractivity contribution in [2.75, 3.05) is 13.2 Å². The van der Waals surface area contributed by atoms with Gasteiger partial charge in [0, 0.05) is 0 Å². The fourth-order valence-electron chi connectivity index (χ4n) is 0. The molecule has 4 nitrogen and oxygen atoms in total. The monoisotopic (exact) mass is 188 g/mol. The third kappa shape index (κ3) is 39.3. The van der Waals surface area contributed by atoms with Gasteiger partial charge in [-0.15, -0.1) is 12.4 Å². The van der Waals surface area contributed by atoms with E-state index in [-0.39, 0.29) is 25.6 Å². The maximum Gasteiger partial charge on any atom is 0.0742 e. The van der Waals surface area contributed by atoms with E-state index in [1.807, 2.05) is 0 Å². The average molecular weight is 189 g/mol. The van der Waals surface area contributed by atoms with Crippen LogP contribution in [0.2, 0.25) is 0 Å². The topological polar surface area (TPSA) is 80.9 Å². The van der Waals surface area contributed by atoms with E-state index in [0.717, 1.165) is 0 Å². The van der Waals surface area contributed by atoms with Gasteiger partial charge in [0.1, 0.15) is 0 Å². The van der Waals surface area contributed by atoms with Crippen molar-refractivity contribution in [3.63, 3.8) is 0 Å². The Balaban J connectivity index is -0.000000107. The minimum Gasteiger partial charge on any atom is -0.394 e. The molecule has 2 unspecified atom stereocenters. The van der Waals surface area contributed by atoms with Gasteiger partial charge in [0.15, 0.2) is 0 Å². The summed E-state index contributed by atoms with van der Waals surface area (Å²) in [7, 11) is 0. The molecule has 0 amide bonds. The van der Waals surface area contributed by atoms with Crippen molar-refractivity contribution in [3.8, 4) is 0 Å². The van der Waals surface area contributed by atoms with Crippen LogP contribution < -0.4 is 0 Å². The van der Waals surface area contributed by atoms with Crippen LogP contribution in [0, 0.1) is 0 Å². The molecule has 2 atom stereocenters. The van der Waals surface area contributed by atoms with Crippen molar-refractivity contribution in [3.05, 3.63) is 0 Å². The SMILES string of the molecule is CC(O)CO.CC(O)CO.Cl. The van der Waals surface area contributed by atoms with Crippen LogP contribution in [0.3, 0.4) is 0 Å². The number of aliphatic hydroxyl groups excluding tert-OH is 4. The summed E-state index contributed by atoms with van der Waals surface area (Å²) in [6.07, 6.45) is -1.12. The maximum atomic E-state index is 8.11. The molecule has 5 heteroatoms. The maximum absolute atomic E-state index is 8.11. The van der Waals surface area contributed by atoms with E-state index < -0.39 is 12.2 Å². The molecule has 0 bridgehead atoms. The fraction of sp³-hybridized carbons (Fsp3) is 1.00. The summed E-state index contributed by atoms with van der Waals surface area (Å²) >= 11 is 0. The van der Waals surface area contributed by atoms with Gasteiger partial charge in [-0.1, -0.05) is 0 Å². The normalized spacial score (nSPS) is 13.6. The first-order valence-corrected chi connectivity index (χ1v) is 3.12. The molecule has 11 heavy (non-hydrogen) atoms. The largest absolute Gasteiger partial charge is 0.394 e. The minimum atomic E-state index is -0.560. The van der Waals surface area contributed by atoms with Crippen molar-refractivity contribution in [1.29, 1.82) is 0 Å². The zero-order chi connectivity index (χ0) is 8.57. The third-order valence-corrected chi connectivity index (χ3v) is 0.528.